The summed E-state index contributed by atoms with van der Waals surface area (Å²) in [7, 11) is 0. The second-order valence-electron chi connectivity index (χ2n) is 11.1. The zero-order valence-corrected chi connectivity index (χ0v) is 21.6. The van der Waals surface area contributed by atoms with Crippen molar-refractivity contribution in [1.82, 2.24) is 4.90 Å². The van der Waals surface area contributed by atoms with Gasteiger partial charge in [0, 0.05) is 0 Å². The Labute approximate surface area is 204 Å². The van der Waals surface area contributed by atoms with Crippen LogP contribution in [0, 0.1) is 11.8 Å². The molecule has 0 spiro atoms. The first-order valence-electron chi connectivity index (χ1n) is 13.1. The van der Waals surface area contributed by atoms with Gasteiger partial charge in [0.05, 0.1) is 5.56 Å². The van der Waals surface area contributed by atoms with Crippen LogP contribution in [-0.4, -0.2) is 24.5 Å². The van der Waals surface area contributed by atoms with Gasteiger partial charge in [-0.3, -0.25) is 0 Å². The Bertz CT molecular complexity index is 890. The van der Waals surface area contributed by atoms with Gasteiger partial charge in [0.1, 0.15) is 0 Å². The van der Waals surface area contributed by atoms with Crippen molar-refractivity contribution >= 4 is 0 Å². The van der Waals surface area contributed by atoms with Gasteiger partial charge in [-0.2, -0.15) is 13.2 Å². The van der Waals surface area contributed by atoms with Crippen molar-refractivity contribution in [2.45, 2.75) is 84.7 Å². The van der Waals surface area contributed by atoms with Gasteiger partial charge in [0.25, 0.3) is 0 Å². The Balaban J connectivity index is 1.81. The first kappa shape index (κ1) is 26.8. The van der Waals surface area contributed by atoms with Gasteiger partial charge < -0.3 is 4.90 Å². The van der Waals surface area contributed by atoms with E-state index in [0.717, 1.165) is 49.4 Å². The monoisotopic (exact) mass is 473 g/mol. The van der Waals surface area contributed by atoms with Crippen molar-refractivity contribution < 1.29 is 13.2 Å². The molecule has 3 rings (SSSR count). The molecule has 1 atom stereocenters. The molecule has 0 bridgehead atoms. The molecule has 0 radical (unpaired) electrons. The highest BCUT2D eigenvalue weighted by molar-refractivity contribution is 5.66. The van der Waals surface area contributed by atoms with Crippen LogP contribution in [0.15, 0.2) is 42.5 Å². The van der Waals surface area contributed by atoms with Gasteiger partial charge in [-0.05, 0) is 110 Å². The molecule has 1 fully saturated rings. The quantitative estimate of drug-likeness (QED) is 0.351. The SMILES string of the molecule is CC(C)CCCN1CCC(c2cc(-c3ccc(C(F)(F)F)cc3)cc(C(C)CC(C)C)c2)CC1. The maximum atomic E-state index is 13.1. The summed E-state index contributed by atoms with van der Waals surface area (Å²) in [5, 5.41) is 0. The van der Waals surface area contributed by atoms with Crippen LogP contribution in [0.2, 0.25) is 0 Å². The number of nitrogens with zero attached hydrogens (tertiary/aromatic N) is 1. The van der Waals surface area contributed by atoms with Gasteiger partial charge in [0.15, 0.2) is 0 Å². The normalized spacial score (nSPS) is 17.0. The van der Waals surface area contributed by atoms with Gasteiger partial charge >= 0.3 is 6.18 Å². The Hall–Kier alpha value is -1.81. The highest BCUT2D eigenvalue weighted by Crippen LogP contribution is 2.37. The van der Waals surface area contributed by atoms with E-state index < -0.39 is 11.7 Å². The third-order valence-corrected chi connectivity index (χ3v) is 7.23. The Morgan fingerprint density at radius 1 is 0.853 bits per heavy atom. The van der Waals surface area contributed by atoms with Gasteiger partial charge in [0.2, 0.25) is 0 Å². The fraction of sp³-hybridized carbons (Fsp3) is 0.600. The smallest absolute Gasteiger partial charge is 0.303 e. The van der Waals surface area contributed by atoms with Crippen molar-refractivity contribution in [3.63, 3.8) is 0 Å². The minimum atomic E-state index is -4.31. The third-order valence-electron chi connectivity index (χ3n) is 7.23. The van der Waals surface area contributed by atoms with Crippen LogP contribution < -0.4 is 0 Å². The lowest BCUT2D eigenvalue weighted by molar-refractivity contribution is -0.137. The molecule has 0 amide bonds. The lowest BCUT2D eigenvalue weighted by Gasteiger charge is -2.33. The second-order valence-corrected chi connectivity index (χ2v) is 11.1. The highest BCUT2D eigenvalue weighted by Gasteiger charge is 2.30. The fourth-order valence-electron chi connectivity index (χ4n) is 5.27. The predicted molar refractivity (Wildman–Crippen MR) is 137 cm³/mol. The highest BCUT2D eigenvalue weighted by atomic mass is 19.4. The molecule has 0 saturated carbocycles. The van der Waals surface area contributed by atoms with Crippen LogP contribution in [0.3, 0.4) is 0 Å². The number of piperidine rings is 1. The first-order valence-corrected chi connectivity index (χ1v) is 13.1. The summed E-state index contributed by atoms with van der Waals surface area (Å²) < 4.78 is 39.2. The van der Waals surface area contributed by atoms with E-state index in [1.807, 2.05) is 0 Å². The van der Waals surface area contributed by atoms with E-state index in [1.165, 1.54) is 42.6 Å². The minimum Gasteiger partial charge on any atom is -0.303 e. The lowest BCUT2D eigenvalue weighted by Crippen LogP contribution is -2.33. The number of rotatable bonds is 9. The Morgan fingerprint density at radius 3 is 2.06 bits per heavy atom. The van der Waals surface area contributed by atoms with E-state index in [0.29, 0.717) is 17.8 Å². The molecule has 1 nitrogen and oxygen atoms in total. The zero-order chi connectivity index (χ0) is 24.9. The summed E-state index contributed by atoms with van der Waals surface area (Å²) in [6.07, 6.45) is 1.64. The van der Waals surface area contributed by atoms with Crippen molar-refractivity contribution in [2.24, 2.45) is 11.8 Å². The molecule has 0 aromatic heterocycles. The molecule has 34 heavy (non-hydrogen) atoms. The summed E-state index contributed by atoms with van der Waals surface area (Å²) in [6, 6.07) is 12.4. The lowest BCUT2D eigenvalue weighted by atomic mass is 9.83. The zero-order valence-electron chi connectivity index (χ0n) is 21.6. The maximum absolute atomic E-state index is 13.1. The Kier molecular flexibility index (Phi) is 9.26. The summed E-state index contributed by atoms with van der Waals surface area (Å²) in [6.45, 7) is 14.8. The first-order chi connectivity index (χ1) is 16.0. The van der Waals surface area contributed by atoms with Crippen LogP contribution >= 0.6 is 0 Å². The number of benzene rings is 2. The maximum Gasteiger partial charge on any atom is 0.416 e. The summed E-state index contributed by atoms with van der Waals surface area (Å²) in [4.78, 5) is 2.60. The molecule has 1 unspecified atom stereocenters. The molecular weight excluding hydrogens is 431 g/mol. The number of hydrogen-bond acceptors (Lipinski definition) is 1. The predicted octanol–water partition coefficient (Wildman–Crippen LogP) is 9.14. The van der Waals surface area contributed by atoms with Gasteiger partial charge in [-0.1, -0.05) is 65.0 Å². The molecule has 188 valence electrons. The molecule has 0 aliphatic carbocycles. The standard InChI is InChI=1S/C30H42F3N/c1-21(2)7-6-14-34-15-12-25(13-16-34)28-19-26(23(5)17-22(3)4)18-27(20-28)24-8-10-29(11-9-24)30(31,32)33/h8-11,18-23,25H,6-7,12-17H2,1-5H3. The number of halogens is 3. The molecule has 1 aliphatic rings. The topological polar surface area (TPSA) is 3.24 Å². The van der Waals surface area contributed by atoms with Gasteiger partial charge in [-0.25, -0.2) is 0 Å². The average molecular weight is 474 g/mol. The van der Waals surface area contributed by atoms with E-state index >= 15 is 0 Å². The van der Waals surface area contributed by atoms with Crippen molar-refractivity contribution in [2.75, 3.05) is 19.6 Å². The van der Waals surface area contributed by atoms with E-state index in [4.69, 9.17) is 0 Å². The molecule has 0 N–H and O–H groups in total. The fourth-order valence-corrected chi connectivity index (χ4v) is 5.27. The van der Waals surface area contributed by atoms with Crippen LogP contribution in [0.5, 0.6) is 0 Å². The second kappa shape index (κ2) is 11.7. The number of hydrogen-bond donors (Lipinski definition) is 0. The molecular formula is C30H42F3N. The number of alkyl halides is 3. The van der Waals surface area contributed by atoms with Crippen molar-refractivity contribution in [3.05, 3.63) is 59.2 Å². The minimum absolute atomic E-state index is 0.421. The molecule has 1 heterocycles. The van der Waals surface area contributed by atoms with Crippen molar-refractivity contribution in [3.8, 4) is 11.1 Å². The molecule has 1 saturated heterocycles. The molecule has 2 aromatic rings. The van der Waals surface area contributed by atoms with E-state index in [1.54, 1.807) is 12.1 Å². The molecule has 2 aromatic carbocycles. The van der Waals surface area contributed by atoms with E-state index in [9.17, 15) is 13.2 Å². The summed E-state index contributed by atoms with van der Waals surface area (Å²) in [5.74, 6) is 2.30. The van der Waals surface area contributed by atoms with Crippen molar-refractivity contribution in [1.29, 1.82) is 0 Å². The number of likely N-dealkylation sites (tertiary alicyclic amines) is 1. The Morgan fingerprint density at radius 2 is 1.50 bits per heavy atom. The third kappa shape index (κ3) is 7.60. The van der Waals surface area contributed by atoms with Gasteiger partial charge in [-0.15, -0.1) is 0 Å². The van der Waals surface area contributed by atoms with Crippen LogP contribution in [0.25, 0.3) is 11.1 Å². The summed E-state index contributed by atoms with van der Waals surface area (Å²) >= 11 is 0. The molecule has 4 heteroatoms. The average Bonchev–Trinajstić information content (AvgIpc) is 2.78. The van der Waals surface area contributed by atoms with Crippen LogP contribution in [0.4, 0.5) is 13.2 Å². The van der Waals surface area contributed by atoms with Crippen LogP contribution in [0.1, 0.15) is 95.2 Å². The van der Waals surface area contributed by atoms with Crippen LogP contribution in [-0.2, 0) is 6.18 Å². The van der Waals surface area contributed by atoms with E-state index in [2.05, 4.69) is 57.7 Å². The summed E-state index contributed by atoms with van der Waals surface area (Å²) in [5.41, 5.74) is 3.96. The van der Waals surface area contributed by atoms with E-state index in [-0.39, 0.29) is 0 Å². The molecule has 1 aliphatic heterocycles. The largest absolute Gasteiger partial charge is 0.416 e.